The van der Waals surface area contributed by atoms with Gasteiger partial charge in [0.1, 0.15) is 0 Å². The van der Waals surface area contributed by atoms with Crippen LogP contribution in [0.2, 0.25) is 0 Å². The minimum Gasteiger partial charge on any atom is -0.393 e. The van der Waals surface area contributed by atoms with E-state index in [-0.39, 0.29) is 6.10 Å². The Balaban J connectivity index is 1.50. The van der Waals surface area contributed by atoms with Crippen LogP contribution in [-0.4, -0.2) is 11.2 Å². The number of hydrogen-bond donors (Lipinski definition) is 1. The standard InChI is InChI=1S/C28H48O/c1-18(2)19(3)7-8-20(4)24-11-12-25-23-10-9-21-17-22(29)13-15-27(21,5)26(23)14-16-28(24,25)6/h10,18-22,24-26,29H,7-9,11-17H2,1-6H3/t19-,20+,21-,22+,24+,25-,26-,27-,28+/m0/s1. The van der Waals surface area contributed by atoms with Gasteiger partial charge in [0, 0.05) is 0 Å². The van der Waals surface area contributed by atoms with Crippen molar-refractivity contribution in [2.45, 2.75) is 112 Å². The van der Waals surface area contributed by atoms with Crippen LogP contribution in [0.15, 0.2) is 11.6 Å². The minimum atomic E-state index is -0.0400. The predicted octanol–water partition coefficient (Wildman–Crippen LogP) is 7.63. The molecule has 0 saturated heterocycles. The lowest BCUT2D eigenvalue weighted by atomic mass is 9.47. The van der Waals surface area contributed by atoms with E-state index in [2.05, 4.69) is 47.6 Å². The van der Waals surface area contributed by atoms with Crippen LogP contribution in [0.1, 0.15) is 106 Å². The molecule has 0 aliphatic heterocycles. The van der Waals surface area contributed by atoms with Crippen LogP contribution in [0.4, 0.5) is 0 Å². The minimum absolute atomic E-state index is 0.0400. The Bertz CT molecular complexity index is 620. The molecule has 0 aromatic carbocycles. The Kier molecular flexibility index (Phi) is 6.04. The first-order valence-corrected chi connectivity index (χ1v) is 13.0. The average molecular weight is 401 g/mol. The summed E-state index contributed by atoms with van der Waals surface area (Å²) in [6, 6.07) is 0. The zero-order valence-electron chi connectivity index (χ0n) is 20.2. The molecule has 29 heavy (non-hydrogen) atoms. The number of hydrogen-bond acceptors (Lipinski definition) is 1. The van der Waals surface area contributed by atoms with E-state index in [0.717, 1.165) is 54.3 Å². The second-order valence-corrected chi connectivity index (χ2v) is 12.7. The maximum Gasteiger partial charge on any atom is 0.0543 e. The van der Waals surface area contributed by atoms with Crippen LogP contribution in [0.25, 0.3) is 0 Å². The fraction of sp³-hybridized carbons (Fsp3) is 0.929. The normalized spacial score (nSPS) is 46.5. The largest absolute Gasteiger partial charge is 0.393 e. The smallest absolute Gasteiger partial charge is 0.0543 e. The van der Waals surface area contributed by atoms with Gasteiger partial charge in [-0.15, -0.1) is 0 Å². The molecule has 4 aliphatic carbocycles. The highest BCUT2D eigenvalue weighted by atomic mass is 16.3. The van der Waals surface area contributed by atoms with Gasteiger partial charge < -0.3 is 5.11 Å². The van der Waals surface area contributed by atoms with E-state index in [1.807, 2.05) is 5.57 Å². The summed E-state index contributed by atoms with van der Waals surface area (Å²) in [6.07, 6.45) is 15.8. The molecule has 3 fully saturated rings. The van der Waals surface area contributed by atoms with Crippen molar-refractivity contribution in [3.63, 3.8) is 0 Å². The Morgan fingerprint density at radius 3 is 2.34 bits per heavy atom. The van der Waals surface area contributed by atoms with Crippen LogP contribution in [0, 0.1) is 52.3 Å². The van der Waals surface area contributed by atoms with Gasteiger partial charge in [0.2, 0.25) is 0 Å². The number of fused-ring (bicyclic) bond motifs is 5. The maximum atomic E-state index is 10.2. The molecule has 0 unspecified atom stereocenters. The zero-order valence-corrected chi connectivity index (χ0v) is 20.2. The van der Waals surface area contributed by atoms with E-state index in [9.17, 15) is 5.11 Å². The molecule has 3 saturated carbocycles. The van der Waals surface area contributed by atoms with Crippen LogP contribution < -0.4 is 0 Å². The number of allylic oxidation sites excluding steroid dienone is 2. The zero-order chi connectivity index (χ0) is 21.0. The molecular weight excluding hydrogens is 352 g/mol. The summed E-state index contributed by atoms with van der Waals surface area (Å²) in [5.74, 6) is 5.85. The molecule has 0 spiro atoms. The molecule has 0 aromatic heterocycles. The van der Waals surface area contributed by atoms with Gasteiger partial charge in [-0.1, -0.05) is 66.0 Å². The first kappa shape index (κ1) is 21.9. The van der Waals surface area contributed by atoms with Crippen molar-refractivity contribution in [1.82, 2.24) is 0 Å². The molecule has 1 nitrogen and oxygen atoms in total. The fourth-order valence-corrected chi connectivity index (χ4v) is 8.53. The fourth-order valence-electron chi connectivity index (χ4n) is 8.53. The summed E-state index contributed by atoms with van der Waals surface area (Å²) in [4.78, 5) is 0. The van der Waals surface area contributed by atoms with Crippen molar-refractivity contribution in [3.8, 4) is 0 Å². The highest BCUT2D eigenvalue weighted by Gasteiger charge is 2.58. The lowest BCUT2D eigenvalue weighted by Gasteiger charge is -2.57. The predicted molar refractivity (Wildman–Crippen MR) is 124 cm³/mol. The van der Waals surface area contributed by atoms with Gasteiger partial charge in [-0.05, 0) is 104 Å². The summed E-state index contributed by atoms with van der Waals surface area (Å²) in [7, 11) is 0. The molecule has 4 aliphatic rings. The summed E-state index contributed by atoms with van der Waals surface area (Å²) in [5.41, 5.74) is 2.88. The van der Waals surface area contributed by atoms with Gasteiger partial charge >= 0.3 is 0 Å². The molecule has 1 heteroatoms. The van der Waals surface area contributed by atoms with Gasteiger partial charge in [0.15, 0.2) is 0 Å². The topological polar surface area (TPSA) is 20.2 Å². The Hall–Kier alpha value is -0.300. The molecule has 166 valence electrons. The number of aliphatic hydroxyl groups excluding tert-OH is 1. The third-order valence-corrected chi connectivity index (χ3v) is 11.0. The van der Waals surface area contributed by atoms with Gasteiger partial charge in [-0.2, -0.15) is 0 Å². The average Bonchev–Trinajstić information content (AvgIpc) is 3.03. The molecule has 0 bridgehead atoms. The Morgan fingerprint density at radius 1 is 0.931 bits per heavy atom. The van der Waals surface area contributed by atoms with E-state index in [1.54, 1.807) is 0 Å². The van der Waals surface area contributed by atoms with Crippen LogP contribution >= 0.6 is 0 Å². The van der Waals surface area contributed by atoms with E-state index >= 15 is 0 Å². The van der Waals surface area contributed by atoms with Crippen molar-refractivity contribution < 1.29 is 5.11 Å². The maximum absolute atomic E-state index is 10.2. The Morgan fingerprint density at radius 2 is 1.62 bits per heavy atom. The molecule has 0 radical (unpaired) electrons. The lowest BCUT2D eigenvalue weighted by molar-refractivity contribution is -0.0428. The van der Waals surface area contributed by atoms with Crippen molar-refractivity contribution >= 4 is 0 Å². The quantitative estimate of drug-likeness (QED) is 0.470. The van der Waals surface area contributed by atoms with Crippen LogP contribution in [0.5, 0.6) is 0 Å². The van der Waals surface area contributed by atoms with E-state index in [4.69, 9.17) is 0 Å². The van der Waals surface area contributed by atoms with Crippen molar-refractivity contribution in [2.24, 2.45) is 52.3 Å². The van der Waals surface area contributed by atoms with Crippen molar-refractivity contribution in [3.05, 3.63) is 11.6 Å². The van der Waals surface area contributed by atoms with Gasteiger partial charge in [-0.25, -0.2) is 0 Å². The highest BCUT2D eigenvalue weighted by molar-refractivity contribution is 5.27. The monoisotopic (exact) mass is 400 g/mol. The number of rotatable bonds is 5. The molecule has 4 rings (SSSR count). The molecule has 9 atom stereocenters. The first-order valence-electron chi connectivity index (χ1n) is 13.0. The first-order chi connectivity index (χ1) is 13.7. The third-order valence-electron chi connectivity index (χ3n) is 11.0. The second kappa shape index (κ2) is 7.99. The summed E-state index contributed by atoms with van der Waals surface area (Å²) in [6.45, 7) is 15.1. The molecule has 0 amide bonds. The summed E-state index contributed by atoms with van der Waals surface area (Å²) in [5, 5.41) is 10.2. The number of aliphatic hydroxyl groups is 1. The molecule has 0 heterocycles. The van der Waals surface area contributed by atoms with E-state index in [1.165, 1.54) is 51.4 Å². The van der Waals surface area contributed by atoms with Gasteiger partial charge in [0.25, 0.3) is 0 Å². The van der Waals surface area contributed by atoms with Crippen LogP contribution in [-0.2, 0) is 0 Å². The van der Waals surface area contributed by atoms with Gasteiger partial charge in [-0.3, -0.25) is 0 Å². The highest BCUT2D eigenvalue weighted by Crippen LogP contribution is 2.67. The van der Waals surface area contributed by atoms with E-state index in [0.29, 0.717) is 10.8 Å². The van der Waals surface area contributed by atoms with Crippen molar-refractivity contribution in [2.75, 3.05) is 0 Å². The second-order valence-electron chi connectivity index (χ2n) is 12.7. The SMILES string of the molecule is CC(C)[C@@H](C)CC[C@@H](C)[C@H]1CC[C@H]2C3=CC[C@H]4C[C@H](O)CC[C@]4(C)[C@H]3CC[C@]12C. The van der Waals surface area contributed by atoms with Gasteiger partial charge in [0.05, 0.1) is 6.10 Å². The third kappa shape index (κ3) is 3.66. The summed E-state index contributed by atoms with van der Waals surface area (Å²) >= 11 is 0. The molecule has 0 aromatic rings. The van der Waals surface area contributed by atoms with Crippen LogP contribution in [0.3, 0.4) is 0 Å². The Labute approximate surface area is 181 Å². The molecular formula is C28H48O. The van der Waals surface area contributed by atoms with Crippen molar-refractivity contribution in [1.29, 1.82) is 0 Å². The lowest BCUT2D eigenvalue weighted by Crippen LogP contribution is -2.49. The van der Waals surface area contributed by atoms with E-state index < -0.39 is 0 Å². The molecule has 1 N–H and O–H groups in total. The summed E-state index contributed by atoms with van der Waals surface area (Å²) < 4.78 is 0.